The third-order valence-corrected chi connectivity index (χ3v) is 16.1. The van der Waals surface area contributed by atoms with Crippen LogP contribution in [0.3, 0.4) is 0 Å². The van der Waals surface area contributed by atoms with E-state index in [1.54, 1.807) is 0 Å². The molecule has 374 valence electrons. The Bertz CT molecular complexity index is 5190. The molecule has 7 aromatic carbocycles. The molecule has 0 amide bonds. The molecule has 0 aliphatic rings. The number of para-hydroxylation sites is 7. The largest absolute Gasteiger partial charge is 0.306 e. The highest BCUT2D eigenvalue weighted by Gasteiger charge is 2.38. The predicted octanol–water partition coefficient (Wildman–Crippen LogP) is 16.0. The number of aromatic nitrogens is 11. The van der Waals surface area contributed by atoms with Gasteiger partial charge in [-0.1, -0.05) is 109 Å². The summed E-state index contributed by atoms with van der Waals surface area (Å²) in [5.74, 6) is 0.719. The zero-order chi connectivity index (χ0) is 52.6. The maximum absolute atomic E-state index is 5.96. The van der Waals surface area contributed by atoms with Gasteiger partial charge in [0.05, 0.1) is 120 Å². The highest BCUT2D eigenvalue weighted by Crippen LogP contribution is 2.54. The Balaban J connectivity index is 1.29. The van der Waals surface area contributed by atoms with E-state index in [0.717, 1.165) is 155 Å². The Labute approximate surface area is 456 Å². The minimum absolute atomic E-state index is 0.719. The molecular formula is C69H43N11. The molecule has 0 unspecified atom stereocenters. The number of pyridine rings is 5. The van der Waals surface area contributed by atoms with Crippen molar-refractivity contribution in [2.24, 2.45) is 0 Å². The minimum Gasteiger partial charge on any atom is -0.306 e. The van der Waals surface area contributed by atoms with Gasteiger partial charge in [0.25, 0.3) is 0 Å². The molecule has 10 aromatic heterocycles. The van der Waals surface area contributed by atoms with Gasteiger partial charge in [0.15, 0.2) is 0 Å². The van der Waals surface area contributed by atoms with Crippen LogP contribution >= 0.6 is 0 Å². The van der Waals surface area contributed by atoms with Crippen molar-refractivity contribution in [2.45, 2.75) is 6.92 Å². The smallest absolute Gasteiger partial charge is 0.150 e. The number of hydrogen-bond donors (Lipinski definition) is 0. The summed E-state index contributed by atoms with van der Waals surface area (Å²) in [4.78, 5) is 31.5. The molecule has 80 heavy (non-hydrogen) atoms. The van der Waals surface area contributed by atoms with Gasteiger partial charge in [-0.3, -0.25) is 29.5 Å². The van der Waals surface area contributed by atoms with Gasteiger partial charge in [0.1, 0.15) is 5.82 Å². The van der Waals surface area contributed by atoms with Crippen LogP contribution in [0.25, 0.3) is 149 Å². The van der Waals surface area contributed by atoms with E-state index in [-0.39, 0.29) is 0 Å². The lowest BCUT2D eigenvalue weighted by atomic mass is 9.94. The first-order valence-electron chi connectivity index (χ1n) is 26.7. The van der Waals surface area contributed by atoms with E-state index >= 15 is 0 Å². The van der Waals surface area contributed by atoms with E-state index in [1.807, 2.05) is 49.6 Å². The molecule has 0 saturated heterocycles. The van der Waals surface area contributed by atoms with Gasteiger partial charge in [-0.2, -0.15) is 0 Å². The topological polar surface area (TPSA) is 102 Å². The van der Waals surface area contributed by atoms with Crippen molar-refractivity contribution < 1.29 is 0 Å². The van der Waals surface area contributed by atoms with Crippen LogP contribution in [-0.4, -0.2) is 52.7 Å². The number of hydrogen-bond acceptors (Lipinski definition) is 6. The summed E-state index contributed by atoms with van der Waals surface area (Å²) in [7, 11) is 0. The van der Waals surface area contributed by atoms with Crippen LogP contribution in [-0.2, 0) is 0 Å². The molecule has 11 heteroatoms. The fourth-order valence-electron chi connectivity index (χ4n) is 13.0. The summed E-state index contributed by atoms with van der Waals surface area (Å²) >= 11 is 0. The molecule has 11 nitrogen and oxygen atoms in total. The van der Waals surface area contributed by atoms with Gasteiger partial charge >= 0.3 is 0 Å². The van der Waals surface area contributed by atoms with Crippen molar-refractivity contribution in [1.29, 1.82) is 0 Å². The van der Waals surface area contributed by atoms with Gasteiger partial charge in [-0.05, 0) is 91.9 Å². The maximum Gasteiger partial charge on any atom is 0.150 e. The zero-order valence-electron chi connectivity index (χ0n) is 43.0. The average molecular weight is 1030 g/mol. The number of imidazole rings is 1. The molecule has 0 radical (unpaired) electrons. The SMILES string of the molecule is Cc1cccc(-c2c(-n3c4ccccc4c4ccncc43)c(-c3nc4ccccc4n3-c3ccccc3)c(-n3c4ccccc4c4ccncc43)c(-n3c4ccccc4c4ccncc43)c2-n2c3ccccc3c3ccncc32)n1. The molecule has 0 fully saturated rings. The van der Waals surface area contributed by atoms with Gasteiger partial charge in [-0.15, -0.1) is 0 Å². The Morgan fingerprint density at radius 3 is 1.14 bits per heavy atom. The van der Waals surface area contributed by atoms with Crippen LogP contribution in [0.2, 0.25) is 0 Å². The lowest BCUT2D eigenvalue weighted by Gasteiger charge is -2.30. The molecule has 0 saturated carbocycles. The second kappa shape index (κ2) is 17.0. The summed E-state index contributed by atoms with van der Waals surface area (Å²) in [6.45, 7) is 2.08. The Morgan fingerprint density at radius 2 is 0.662 bits per heavy atom. The van der Waals surface area contributed by atoms with E-state index in [2.05, 4.69) is 224 Å². The first-order chi connectivity index (χ1) is 39.7. The van der Waals surface area contributed by atoms with E-state index in [4.69, 9.17) is 29.9 Å². The molecule has 0 spiro atoms. The van der Waals surface area contributed by atoms with E-state index in [9.17, 15) is 0 Å². The summed E-state index contributed by atoms with van der Waals surface area (Å²) in [6.07, 6.45) is 15.6. The molecule has 0 N–H and O–H groups in total. The Hall–Kier alpha value is -11.0. The van der Waals surface area contributed by atoms with Crippen molar-refractivity contribution >= 4 is 98.3 Å². The standard InChI is InChI=1S/C69H43N11/c1-42-16-15-24-53(74-42)63-65(77-54-25-10-5-19-44(54)48-30-34-70-38-59(48)77)64(69-75-52-23-9-14-29-58(52)76(69)43-17-3-2-4-18-43)67(79-56-27-12-7-21-46(56)50-32-36-72-40-61(50)79)68(80-57-28-13-8-22-47(57)51-33-37-73-41-62(51)80)66(63)78-55-26-11-6-20-45(55)49-31-35-71-39-60(49)78/h2-41H,1H3. The predicted molar refractivity (Wildman–Crippen MR) is 323 cm³/mol. The van der Waals surface area contributed by atoms with E-state index < -0.39 is 0 Å². The van der Waals surface area contributed by atoms with Crippen LogP contribution in [0.4, 0.5) is 0 Å². The number of aryl methyl sites for hydroxylation is 1. The fraction of sp³-hybridized carbons (Fsp3) is 0.0145. The van der Waals surface area contributed by atoms with Crippen molar-refractivity contribution in [1.82, 2.24) is 52.7 Å². The molecule has 0 aliphatic carbocycles. The normalized spacial score (nSPS) is 12.1. The monoisotopic (exact) mass is 1030 g/mol. The maximum atomic E-state index is 5.96. The summed E-state index contributed by atoms with van der Waals surface area (Å²) in [6, 6.07) is 68.9. The van der Waals surface area contributed by atoms with Crippen molar-refractivity contribution in [3.63, 3.8) is 0 Å². The van der Waals surface area contributed by atoms with Gasteiger partial charge < -0.3 is 18.3 Å². The van der Waals surface area contributed by atoms with Crippen molar-refractivity contribution in [2.75, 3.05) is 0 Å². The molecular weight excluding hydrogens is 983 g/mol. The Kier molecular flexibility index (Phi) is 9.37. The van der Waals surface area contributed by atoms with Gasteiger partial charge in [-0.25, -0.2) is 4.98 Å². The number of fused-ring (bicyclic) bond motifs is 13. The van der Waals surface area contributed by atoms with Crippen LogP contribution in [0.1, 0.15) is 5.69 Å². The summed E-state index contributed by atoms with van der Waals surface area (Å²) in [5, 5.41) is 8.57. The van der Waals surface area contributed by atoms with Crippen LogP contribution < -0.4 is 0 Å². The third-order valence-electron chi connectivity index (χ3n) is 16.1. The zero-order valence-corrected chi connectivity index (χ0v) is 43.0. The van der Waals surface area contributed by atoms with Crippen LogP contribution in [0.15, 0.2) is 244 Å². The Morgan fingerprint density at radius 1 is 0.275 bits per heavy atom. The number of benzene rings is 7. The second-order valence-corrected chi connectivity index (χ2v) is 20.4. The fourth-order valence-corrected chi connectivity index (χ4v) is 13.0. The first-order valence-corrected chi connectivity index (χ1v) is 26.7. The average Bonchev–Trinajstić information content (AvgIpc) is 3.62. The highest BCUT2D eigenvalue weighted by atomic mass is 15.2. The van der Waals surface area contributed by atoms with Gasteiger partial charge in [0, 0.05) is 79.3 Å². The van der Waals surface area contributed by atoms with E-state index in [0.29, 0.717) is 0 Å². The molecule has 0 bridgehead atoms. The minimum atomic E-state index is 0.719. The summed E-state index contributed by atoms with van der Waals surface area (Å²) in [5.41, 5.74) is 17.2. The molecule has 17 rings (SSSR count). The van der Waals surface area contributed by atoms with Crippen LogP contribution in [0, 0.1) is 6.92 Å². The first kappa shape index (κ1) is 44.1. The number of rotatable bonds is 7. The summed E-state index contributed by atoms with van der Waals surface area (Å²) < 4.78 is 12.1. The van der Waals surface area contributed by atoms with Gasteiger partial charge in [0.2, 0.25) is 0 Å². The molecule has 0 aliphatic heterocycles. The third kappa shape index (κ3) is 6.13. The molecule has 10 heterocycles. The lowest BCUT2D eigenvalue weighted by molar-refractivity contribution is 1.01. The quantitative estimate of drug-likeness (QED) is 0.158. The molecule has 17 aromatic rings. The van der Waals surface area contributed by atoms with Crippen molar-refractivity contribution in [3.05, 3.63) is 249 Å². The van der Waals surface area contributed by atoms with Crippen LogP contribution in [0.5, 0.6) is 0 Å². The van der Waals surface area contributed by atoms with E-state index in [1.165, 1.54) is 0 Å². The highest BCUT2D eigenvalue weighted by molar-refractivity contribution is 6.18. The van der Waals surface area contributed by atoms with Crippen molar-refractivity contribution in [3.8, 4) is 51.1 Å². The second-order valence-electron chi connectivity index (χ2n) is 20.4. The molecule has 0 atom stereocenters. The lowest BCUT2D eigenvalue weighted by Crippen LogP contribution is -2.17. The number of nitrogens with zero attached hydrogens (tertiary/aromatic N) is 11.